The first-order valence-corrected chi connectivity index (χ1v) is 6.03. The van der Waals surface area contributed by atoms with E-state index in [4.69, 9.17) is 10.00 Å². The molecule has 2 rings (SSSR count). The Labute approximate surface area is 103 Å². The molecule has 0 saturated carbocycles. The first kappa shape index (κ1) is 11.4. The lowest BCUT2D eigenvalue weighted by Crippen LogP contribution is -1.99. The SMILES string of the molecule is N#CCOc1ccc(NCc2cscn2)cc1. The van der Waals surface area contributed by atoms with Gasteiger partial charge in [0, 0.05) is 11.1 Å². The van der Waals surface area contributed by atoms with E-state index in [1.807, 2.05) is 41.2 Å². The molecule has 0 amide bonds. The monoisotopic (exact) mass is 245 g/mol. The van der Waals surface area contributed by atoms with Crippen molar-refractivity contribution >= 4 is 17.0 Å². The van der Waals surface area contributed by atoms with Gasteiger partial charge < -0.3 is 10.1 Å². The summed E-state index contributed by atoms with van der Waals surface area (Å²) in [7, 11) is 0. The topological polar surface area (TPSA) is 57.9 Å². The fourth-order valence-electron chi connectivity index (χ4n) is 1.30. The molecule has 0 aliphatic rings. The van der Waals surface area contributed by atoms with Crippen molar-refractivity contribution in [2.75, 3.05) is 11.9 Å². The Kier molecular flexibility index (Phi) is 3.95. The summed E-state index contributed by atoms with van der Waals surface area (Å²) < 4.78 is 5.16. The quantitative estimate of drug-likeness (QED) is 0.879. The van der Waals surface area contributed by atoms with Gasteiger partial charge in [-0.3, -0.25) is 0 Å². The molecule has 0 radical (unpaired) electrons. The van der Waals surface area contributed by atoms with Crippen LogP contribution in [0.25, 0.3) is 0 Å². The average molecular weight is 245 g/mol. The first-order chi connectivity index (χ1) is 8.38. The van der Waals surface area contributed by atoms with E-state index < -0.39 is 0 Å². The minimum atomic E-state index is 0.0750. The van der Waals surface area contributed by atoms with E-state index >= 15 is 0 Å². The molecule has 0 unspecified atom stereocenters. The van der Waals surface area contributed by atoms with E-state index in [-0.39, 0.29) is 6.61 Å². The maximum absolute atomic E-state index is 8.38. The number of anilines is 1. The van der Waals surface area contributed by atoms with Crippen LogP contribution in [0.5, 0.6) is 5.75 Å². The van der Waals surface area contributed by atoms with Gasteiger partial charge in [-0.2, -0.15) is 5.26 Å². The summed E-state index contributed by atoms with van der Waals surface area (Å²) in [5, 5.41) is 13.6. The Morgan fingerprint density at radius 2 is 2.18 bits per heavy atom. The zero-order valence-corrected chi connectivity index (χ0v) is 9.91. The van der Waals surface area contributed by atoms with Crippen molar-refractivity contribution in [2.45, 2.75) is 6.54 Å². The number of thiazole rings is 1. The van der Waals surface area contributed by atoms with Crippen molar-refractivity contribution < 1.29 is 4.74 Å². The van der Waals surface area contributed by atoms with E-state index in [9.17, 15) is 0 Å². The second-order valence-electron chi connectivity index (χ2n) is 3.30. The van der Waals surface area contributed by atoms with Crippen LogP contribution >= 0.6 is 11.3 Å². The van der Waals surface area contributed by atoms with Gasteiger partial charge in [-0.15, -0.1) is 11.3 Å². The van der Waals surface area contributed by atoms with E-state index in [0.717, 1.165) is 11.4 Å². The van der Waals surface area contributed by atoms with Crippen LogP contribution in [0.1, 0.15) is 5.69 Å². The van der Waals surface area contributed by atoms with Gasteiger partial charge in [-0.25, -0.2) is 4.98 Å². The largest absolute Gasteiger partial charge is 0.479 e. The summed E-state index contributed by atoms with van der Waals surface area (Å²) in [6, 6.07) is 9.43. The molecule has 0 aliphatic heterocycles. The zero-order valence-electron chi connectivity index (χ0n) is 9.09. The Morgan fingerprint density at radius 3 is 2.82 bits per heavy atom. The standard InChI is InChI=1S/C12H11N3OS/c13-5-6-16-12-3-1-10(2-4-12)14-7-11-8-17-9-15-11/h1-4,8-9,14H,6-7H2. The number of nitrogens with one attached hydrogen (secondary N) is 1. The van der Waals surface area contributed by atoms with Crippen molar-refractivity contribution in [3.63, 3.8) is 0 Å². The lowest BCUT2D eigenvalue weighted by atomic mass is 10.3. The van der Waals surface area contributed by atoms with Gasteiger partial charge in [0.05, 0.1) is 17.7 Å². The van der Waals surface area contributed by atoms with E-state index in [1.165, 1.54) is 0 Å². The lowest BCUT2D eigenvalue weighted by molar-refractivity contribution is 0.368. The van der Waals surface area contributed by atoms with Crippen LogP contribution in [0.2, 0.25) is 0 Å². The van der Waals surface area contributed by atoms with Crippen LogP contribution in [-0.4, -0.2) is 11.6 Å². The summed E-state index contributed by atoms with van der Waals surface area (Å²) >= 11 is 1.58. The highest BCUT2D eigenvalue weighted by Crippen LogP contribution is 2.16. The predicted octanol–water partition coefficient (Wildman–Crippen LogP) is 2.66. The molecule has 1 aromatic heterocycles. The van der Waals surface area contributed by atoms with Gasteiger partial charge in [-0.1, -0.05) is 0 Å². The predicted molar refractivity (Wildman–Crippen MR) is 67.0 cm³/mol. The number of hydrogen-bond donors (Lipinski definition) is 1. The third kappa shape index (κ3) is 3.47. The smallest absolute Gasteiger partial charge is 0.174 e. The van der Waals surface area contributed by atoms with E-state index in [2.05, 4.69) is 10.3 Å². The van der Waals surface area contributed by atoms with Gasteiger partial charge >= 0.3 is 0 Å². The molecule has 0 saturated heterocycles. The second kappa shape index (κ2) is 5.87. The molecule has 0 bridgehead atoms. The van der Waals surface area contributed by atoms with Crippen LogP contribution in [-0.2, 0) is 6.54 Å². The Balaban J connectivity index is 1.88. The highest BCUT2D eigenvalue weighted by Gasteiger charge is 1.97. The number of benzene rings is 1. The Hall–Kier alpha value is -2.06. The van der Waals surface area contributed by atoms with Crippen LogP contribution in [0.15, 0.2) is 35.2 Å². The third-order valence-corrected chi connectivity index (χ3v) is 2.75. The van der Waals surface area contributed by atoms with Gasteiger partial charge in [-0.05, 0) is 24.3 Å². The summed E-state index contributed by atoms with van der Waals surface area (Å²) in [6.07, 6.45) is 0. The highest BCUT2D eigenvalue weighted by atomic mass is 32.1. The molecule has 17 heavy (non-hydrogen) atoms. The van der Waals surface area contributed by atoms with Crippen molar-refractivity contribution in [3.05, 3.63) is 40.8 Å². The fourth-order valence-corrected chi connectivity index (χ4v) is 1.86. The van der Waals surface area contributed by atoms with Gasteiger partial charge in [0.2, 0.25) is 0 Å². The molecular weight excluding hydrogens is 234 g/mol. The summed E-state index contributed by atoms with van der Waals surface area (Å²) in [6.45, 7) is 0.785. The summed E-state index contributed by atoms with van der Waals surface area (Å²) in [4.78, 5) is 4.18. The van der Waals surface area contributed by atoms with Crippen LogP contribution in [0.3, 0.4) is 0 Å². The minimum Gasteiger partial charge on any atom is -0.479 e. The van der Waals surface area contributed by atoms with Crippen LogP contribution < -0.4 is 10.1 Å². The molecule has 0 spiro atoms. The Morgan fingerprint density at radius 1 is 1.35 bits per heavy atom. The number of nitriles is 1. The molecule has 2 aromatic rings. The molecule has 1 N–H and O–H groups in total. The lowest BCUT2D eigenvalue weighted by Gasteiger charge is -2.06. The molecule has 1 aromatic carbocycles. The summed E-state index contributed by atoms with van der Waals surface area (Å²) in [5.74, 6) is 0.700. The number of hydrogen-bond acceptors (Lipinski definition) is 5. The van der Waals surface area contributed by atoms with Crippen molar-refractivity contribution in [1.29, 1.82) is 5.26 Å². The van der Waals surface area contributed by atoms with E-state index in [0.29, 0.717) is 12.3 Å². The Bertz CT molecular complexity index is 487. The highest BCUT2D eigenvalue weighted by molar-refractivity contribution is 7.07. The van der Waals surface area contributed by atoms with Gasteiger partial charge in [0.15, 0.2) is 6.61 Å². The average Bonchev–Trinajstić information content (AvgIpc) is 2.88. The molecule has 86 valence electrons. The molecule has 4 nitrogen and oxygen atoms in total. The fraction of sp³-hybridized carbons (Fsp3) is 0.167. The first-order valence-electron chi connectivity index (χ1n) is 5.09. The van der Waals surface area contributed by atoms with Crippen LogP contribution in [0, 0.1) is 11.3 Å². The molecule has 5 heteroatoms. The van der Waals surface area contributed by atoms with E-state index in [1.54, 1.807) is 11.3 Å². The second-order valence-corrected chi connectivity index (χ2v) is 4.02. The molecule has 0 atom stereocenters. The zero-order chi connectivity index (χ0) is 11.9. The van der Waals surface area contributed by atoms with Crippen molar-refractivity contribution in [2.24, 2.45) is 0 Å². The maximum atomic E-state index is 8.38. The van der Waals surface area contributed by atoms with Gasteiger partial charge in [0.25, 0.3) is 0 Å². The molecular formula is C12H11N3OS. The minimum absolute atomic E-state index is 0.0750. The van der Waals surface area contributed by atoms with Crippen molar-refractivity contribution in [3.8, 4) is 11.8 Å². The summed E-state index contributed by atoms with van der Waals surface area (Å²) in [5.41, 5.74) is 3.85. The molecule has 0 fully saturated rings. The van der Waals surface area contributed by atoms with Crippen molar-refractivity contribution in [1.82, 2.24) is 4.98 Å². The third-order valence-electron chi connectivity index (χ3n) is 2.11. The number of rotatable bonds is 5. The maximum Gasteiger partial charge on any atom is 0.174 e. The molecule has 1 heterocycles. The van der Waals surface area contributed by atoms with Gasteiger partial charge in [0.1, 0.15) is 11.8 Å². The molecule has 0 aliphatic carbocycles. The number of ether oxygens (including phenoxy) is 1. The number of aromatic nitrogens is 1. The number of nitrogens with zero attached hydrogens (tertiary/aromatic N) is 2. The normalized spacial score (nSPS) is 9.59. The van der Waals surface area contributed by atoms with Crippen LogP contribution in [0.4, 0.5) is 5.69 Å².